The molecule has 0 aliphatic carbocycles. The molecule has 0 bridgehead atoms. The van der Waals surface area contributed by atoms with Crippen LogP contribution >= 0.6 is 0 Å². The van der Waals surface area contributed by atoms with Gasteiger partial charge in [-0.1, -0.05) is 36.4 Å². The number of benzene rings is 2. The van der Waals surface area contributed by atoms with Gasteiger partial charge in [-0.3, -0.25) is 9.59 Å². The van der Waals surface area contributed by atoms with Gasteiger partial charge in [0.1, 0.15) is 11.5 Å². The Labute approximate surface area is 222 Å². The molecule has 3 aromatic rings. The predicted molar refractivity (Wildman–Crippen MR) is 138 cm³/mol. The molecule has 1 heterocycles. The summed E-state index contributed by atoms with van der Waals surface area (Å²) in [5.74, 6) is -1.24. The molecule has 0 spiro atoms. The van der Waals surface area contributed by atoms with Crippen molar-refractivity contribution >= 4 is 17.7 Å². The van der Waals surface area contributed by atoms with Crippen molar-refractivity contribution in [3.05, 3.63) is 76.2 Å². The molecule has 0 aliphatic heterocycles. The number of carbonyl (C=O) groups excluding carboxylic acids is 2. The molecule has 0 saturated heterocycles. The lowest BCUT2D eigenvalue weighted by atomic mass is 9.97. The summed E-state index contributed by atoms with van der Waals surface area (Å²) in [5.41, 5.74) is 0.384. The molecule has 2 unspecified atom stereocenters. The zero-order valence-corrected chi connectivity index (χ0v) is 21.4. The lowest BCUT2D eigenvalue weighted by Crippen LogP contribution is -2.36. The van der Waals surface area contributed by atoms with Gasteiger partial charge in [0.15, 0.2) is 5.69 Å². The van der Waals surface area contributed by atoms with Crippen molar-refractivity contribution in [3.8, 4) is 22.6 Å². The number of hydrogen-bond acceptors (Lipinski definition) is 6. The zero-order valence-electron chi connectivity index (χ0n) is 21.4. The Morgan fingerprint density at radius 2 is 1.79 bits per heavy atom. The second-order valence-corrected chi connectivity index (χ2v) is 8.54. The minimum absolute atomic E-state index is 0.0819. The third-order valence-corrected chi connectivity index (χ3v) is 5.68. The lowest BCUT2D eigenvalue weighted by molar-refractivity contribution is -0.143. The summed E-state index contributed by atoms with van der Waals surface area (Å²) in [7, 11) is 1.45. The van der Waals surface area contributed by atoms with E-state index >= 15 is 0 Å². The second kappa shape index (κ2) is 12.9. The van der Waals surface area contributed by atoms with Gasteiger partial charge in [0.05, 0.1) is 19.1 Å². The first-order chi connectivity index (χ1) is 18.5. The van der Waals surface area contributed by atoms with E-state index in [-0.39, 0.29) is 30.0 Å². The molecule has 2 aromatic carbocycles. The van der Waals surface area contributed by atoms with E-state index in [2.05, 4.69) is 10.6 Å². The molecule has 3 N–H and O–H groups in total. The maximum atomic E-state index is 13.8. The molecule has 1 aromatic heterocycles. The molecule has 0 fully saturated rings. The number of halogens is 3. The SMILES string of the molecule is CCOC(=O)CC(NC(=O)Nc1c(O)c(C)cn(C)c1=O)c1ccc(OC(F)C(F)F)c(-c2ccccc2)c1. The Bertz CT molecular complexity index is 1380. The standard InChI is InChI=1S/C27H28F3N3O6/c1-4-38-21(34)13-19(31-27(37)32-22-23(35)15(2)14-33(3)26(22)36)17-10-11-20(39-25(30)24(28)29)18(12-17)16-8-6-5-7-9-16/h5-12,14,19,24-25,35H,4,13H2,1-3H3,(H2,31,32,37). The van der Waals surface area contributed by atoms with Gasteiger partial charge in [0, 0.05) is 24.4 Å². The molecule has 2 atom stereocenters. The topological polar surface area (TPSA) is 119 Å². The number of aryl methyl sites for hydroxylation is 2. The summed E-state index contributed by atoms with van der Waals surface area (Å²) < 4.78 is 50.5. The number of hydrogen-bond donors (Lipinski definition) is 3. The summed E-state index contributed by atoms with van der Waals surface area (Å²) in [5, 5.41) is 15.2. The molecule has 0 aliphatic rings. The van der Waals surface area contributed by atoms with Gasteiger partial charge in [-0.2, -0.15) is 4.39 Å². The largest absolute Gasteiger partial charge is 0.505 e. The van der Waals surface area contributed by atoms with Crippen LogP contribution in [-0.2, 0) is 16.6 Å². The predicted octanol–water partition coefficient (Wildman–Crippen LogP) is 4.82. The average Bonchev–Trinajstić information content (AvgIpc) is 2.90. The third-order valence-electron chi connectivity index (χ3n) is 5.68. The Balaban J connectivity index is 2.00. The summed E-state index contributed by atoms with van der Waals surface area (Å²) >= 11 is 0. The smallest absolute Gasteiger partial charge is 0.319 e. The number of nitrogens with one attached hydrogen (secondary N) is 2. The van der Waals surface area contributed by atoms with Gasteiger partial charge < -0.3 is 29.8 Å². The van der Waals surface area contributed by atoms with Crippen LogP contribution in [0.2, 0.25) is 0 Å². The van der Waals surface area contributed by atoms with Crippen molar-refractivity contribution in [2.45, 2.75) is 39.1 Å². The number of aromatic nitrogens is 1. The molecule has 2 amide bonds. The number of esters is 1. The van der Waals surface area contributed by atoms with Gasteiger partial charge >= 0.3 is 18.4 Å². The van der Waals surface area contributed by atoms with E-state index in [1.165, 1.54) is 36.0 Å². The number of carbonyl (C=O) groups is 2. The van der Waals surface area contributed by atoms with Gasteiger partial charge in [-0.25, -0.2) is 13.6 Å². The van der Waals surface area contributed by atoms with Crippen LogP contribution in [0.1, 0.15) is 30.5 Å². The third kappa shape index (κ3) is 7.30. The minimum atomic E-state index is -3.37. The average molecular weight is 548 g/mol. The van der Waals surface area contributed by atoms with Crippen LogP contribution in [0.5, 0.6) is 11.5 Å². The van der Waals surface area contributed by atoms with Crippen LogP contribution in [0, 0.1) is 6.92 Å². The fraction of sp³-hybridized carbons (Fsp3) is 0.296. The summed E-state index contributed by atoms with van der Waals surface area (Å²) in [4.78, 5) is 37.7. The number of nitrogens with zero attached hydrogens (tertiary/aromatic N) is 1. The van der Waals surface area contributed by atoms with E-state index in [4.69, 9.17) is 9.47 Å². The number of anilines is 1. The first-order valence-electron chi connectivity index (χ1n) is 11.9. The number of ether oxygens (including phenoxy) is 2. The fourth-order valence-corrected chi connectivity index (χ4v) is 3.83. The van der Waals surface area contributed by atoms with E-state index in [0.29, 0.717) is 16.7 Å². The second-order valence-electron chi connectivity index (χ2n) is 8.54. The Kier molecular flexibility index (Phi) is 9.58. The van der Waals surface area contributed by atoms with E-state index in [0.717, 1.165) is 0 Å². The van der Waals surface area contributed by atoms with Crippen molar-refractivity contribution in [2.75, 3.05) is 11.9 Å². The number of amides is 2. The van der Waals surface area contributed by atoms with Gasteiger partial charge in [-0.05, 0) is 37.1 Å². The molecule has 39 heavy (non-hydrogen) atoms. The van der Waals surface area contributed by atoms with E-state index in [1.807, 2.05) is 0 Å². The first-order valence-corrected chi connectivity index (χ1v) is 11.9. The highest BCUT2D eigenvalue weighted by atomic mass is 19.3. The molecule has 9 nitrogen and oxygen atoms in total. The highest BCUT2D eigenvalue weighted by Crippen LogP contribution is 2.35. The monoisotopic (exact) mass is 547 g/mol. The maximum absolute atomic E-state index is 13.8. The van der Waals surface area contributed by atoms with Crippen LogP contribution < -0.4 is 20.9 Å². The molecule has 12 heteroatoms. The number of aromatic hydroxyl groups is 1. The maximum Gasteiger partial charge on any atom is 0.319 e. The zero-order chi connectivity index (χ0) is 28.7. The molecule has 0 saturated carbocycles. The normalized spacial score (nSPS) is 12.5. The van der Waals surface area contributed by atoms with Crippen molar-refractivity contribution in [1.29, 1.82) is 0 Å². The number of rotatable bonds is 10. The number of pyridine rings is 1. The van der Waals surface area contributed by atoms with E-state index in [9.17, 15) is 32.7 Å². The van der Waals surface area contributed by atoms with Crippen LogP contribution in [0.4, 0.5) is 23.7 Å². The number of alkyl halides is 3. The van der Waals surface area contributed by atoms with Crippen molar-refractivity contribution in [1.82, 2.24) is 9.88 Å². The highest BCUT2D eigenvalue weighted by molar-refractivity contribution is 5.91. The van der Waals surface area contributed by atoms with E-state index < -0.39 is 42.1 Å². The summed E-state index contributed by atoms with van der Waals surface area (Å²) in [6.07, 6.45) is -5.19. The van der Waals surface area contributed by atoms with Crippen molar-refractivity contribution < 1.29 is 37.3 Å². The molecular weight excluding hydrogens is 519 g/mol. The van der Waals surface area contributed by atoms with E-state index in [1.54, 1.807) is 44.2 Å². The Hall–Kier alpha value is -4.48. The quantitative estimate of drug-likeness (QED) is 0.313. The van der Waals surface area contributed by atoms with Crippen molar-refractivity contribution in [2.24, 2.45) is 7.05 Å². The number of urea groups is 1. The molecular formula is C27H28F3N3O6. The van der Waals surface area contributed by atoms with Crippen molar-refractivity contribution in [3.63, 3.8) is 0 Å². The highest BCUT2D eigenvalue weighted by Gasteiger charge is 2.25. The first kappa shape index (κ1) is 29.1. The summed E-state index contributed by atoms with van der Waals surface area (Å²) in [6.45, 7) is 3.24. The van der Waals surface area contributed by atoms with Gasteiger partial charge in [-0.15, -0.1) is 0 Å². The van der Waals surface area contributed by atoms with Crippen LogP contribution in [0.25, 0.3) is 11.1 Å². The molecule has 3 rings (SSSR count). The molecule has 208 valence electrons. The fourth-order valence-electron chi connectivity index (χ4n) is 3.83. The molecule has 0 radical (unpaired) electrons. The Morgan fingerprint density at radius 3 is 2.44 bits per heavy atom. The van der Waals surface area contributed by atoms with Gasteiger partial charge in [0.2, 0.25) is 0 Å². The minimum Gasteiger partial charge on any atom is -0.505 e. The Morgan fingerprint density at radius 1 is 1.10 bits per heavy atom. The van der Waals surface area contributed by atoms with Crippen LogP contribution in [0.15, 0.2) is 59.5 Å². The lowest BCUT2D eigenvalue weighted by Gasteiger charge is -2.22. The van der Waals surface area contributed by atoms with Crippen LogP contribution in [-0.4, -0.2) is 41.1 Å². The summed E-state index contributed by atoms with van der Waals surface area (Å²) in [6, 6.07) is 10.6. The van der Waals surface area contributed by atoms with Crippen LogP contribution in [0.3, 0.4) is 0 Å². The van der Waals surface area contributed by atoms with Gasteiger partial charge in [0.25, 0.3) is 11.9 Å².